The van der Waals surface area contributed by atoms with Crippen molar-refractivity contribution in [1.82, 2.24) is 26.1 Å². The van der Waals surface area contributed by atoms with Crippen molar-refractivity contribution in [1.29, 1.82) is 0 Å². The third-order valence-electron chi connectivity index (χ3n) is 7.43. The minimum absolute atomic E-state index is 0.0132. The number of hydrogen-bond acceptors (Lipinski definition) is 7. The zero-order valence-electron chi connectivity index (χ0n) is 23.8. The summed E-state index contributed by atoms with van der Waals surface area (Å²) in [5.74, 6) is -0.917. The van der Waals surface area contributed by atoms with Crippen LogP contribution in [-0.2, 0) is 19.1 Å². The normalized spacial score (nSPS) is 26.9. The molecule has 2 aliphatic heterocycles. The third-order valence-corrected chi connectivity index (χ3v) is 7.43. The average molecular weight is 536 g/mol. The molecule has 1 fully saturated rings. The Balaban J connectivity index is 1.67. The van der Waals surface area contributed by atoms with Crippen LogP contribution in [0.4, 0.5) is 0 Å². The van der Waals surface area contributed by atoms with E-state index in [1.807, 2.05) is 57.3 Å². The largest absolute Gasteiger partial charge is 0.457 e. The second kappa shape index (κ2) is 11.8. The molecule has 4 rings (SSSR count). The number of carbonyl (C=O) groups excluding carboxylic acids is 3. The highest BCUT2D eigenvalue weighted by molar-refractivity contribution is 5.90. The van der Waals surface area contributed by atoms with Crippen molar-refractivity contribution < 1.29 is 19.1 Å². The summed E-state index contributed by atoms with van der Waals surface area (Å²) < 4.78 is 5.82. The van der Waals surface area contributed by atoms with Gasteiger partial charge in [-0.3, -0.25) is 24.4 Å². The van der Waals surface area contributed by atoms with E-state index in [9.17, 15) is 14.4 Å². The number of ether oxygens (including phenoxy) is 1. The van der Waals surface area contributed by atoms with Gasteiger partial charge < -0.3 is 15.4 Å². The Morgan fingerprint density at radius 1 is 1.10 bits per heavy atom. The van der Waals surface area contributed by atoms with E-state index in [-0.39, 0.29) is 23.1 Å². The van der Waals surface area contributed by atoms with E-state index in [0.29, 0.717) is 25.9 Å². The number of rotatable bonds is 1. The van der Waals surface area contributed by atoms with Crippen LogP contribution in [0.2, 0.25) is 0 Å². The first-order valence-electron chi connectivity index (χ1n) is 13.8. The van der Waals surface area contributed by atoms with Gasteiger partial charge in [0.15, 0.2) is 0 Å². The number of hydrogen-bond donors (Lipinski definition) is 3. The molecule has 0 radical (unpaired) electrons. The molecule has 3 N–H and O–H groups in total. The number of carbonyl (C=O) groups is 3. The second-order valence-electron chi connectivity index (χ2n) is 11.8. The molecule has 2 aromatic rings. The zero-order chi connectivity index (χ0) is 28.3. The Hall–Kier alpha value is -3.30. The summed E-state index contributed by atoms with van der Waals surface area (Å²) in [6.45, 7) is 12.7. The quantitative estimate of drug-likeness (QED) is 0.479. The van der Waals surface area contributed by atoms with Crippen LogP contribution >= 0.6 is 0 Å². The number of aromatic nitrogens is 1. The van der Waals surface area contributed by atoms with Gasteiger partial charge in [-0.2, -0.15) is 0 Å². The fourth-order valence-corrected chi connectivity index (χ4v) is 4.93. The summed E-state index contributed by atoms with van der Waals surface area (Å²) in [5, 5.41) is 9.71. The van der Waals surface area contributed by atoms with E-state index in [4.69, 9.17) is 4.74 Å². The molecule has 1 saturated heterocycles. The minimum atomic E-state index is -0.757. The van der Waals surface area contributed by atoms with Crippen LogP contribution in [0.15, 0.2) is 36.5 Å². The number of nitrogens with zero attached hydrogens (tertiary/aromatic N) is 2. The van der Waals surface area contributed by atoms with E-state index in [2.05, 4.69) is 41.0 Å². The van der Waals surface area contributed by atoms with Crippen molar-refractivity contribution in [2.45, 2.75) is 78.6 Å². The Morgan fingerprint density at radius 3 is 2.62 bits per heavy atom. The Morgan fingerprint density at radius 2 is 1.87 bits per heavy atom. The lowest BCUT2D eigenvalue weighted by Gasteiger charge is -2.35. The van der Waals surface area contributed by atoms with Gasteiger partial charge >= 0.3 is 5.97 Å². The van der Waals surface area contributed by atoms with Crippen LogP contribution in [0.5, 0.6) is 0 Å². The molecule has 3 heterocycles. The van der Waals surface area contributed by atoms with Gasteiger partial charge in [0.25, 0.3) is 5.91 Å². The van der Waals surface area contributed by atoms with Crippen LogP contribution in [-0.4, -0.2) is 59.0 Å². The lowest BCUT2D eigenvalue weighted by molar-refractivity contribution is -0.157. The number of cyclic esters (lactones) is 1. The molecule has 2 aliphatic rings. The number of benzene rings is 1. The number of pyridine rings is 1. The predicted molar refractivity (Wildman–Crippen MR) is 151 cm³/mol. The SMILES string of the molecule is CC(C)[C@@H]1NCC(C)(C)C=Cc2cc3cc(ccc3cn2)[C@@H](C)OC(=O)[C@@H]2CCCN(N2)C(=O)[C@H](C)NC1=O. The lowest BCUT2D eigenvalue weighted by Crippen LogP contribution is -2.61. The van der Waals surface area contributed by atoms with E-state index in [0.717, 1.165) is 22.0 Å². The maximum absolute atomic E-state index is 13.2. The van der Waals surface area contributed by atoms with Gasteiger partial charge in [-0.15, -0.1) is 0 Å². The van der Waals surface area contributed by atoms with E-state index < -0.39 is 30.2 Å². The summed E-state index contributed by atoms with van der Waals surface area (Å²) in [6.07, 6.45) is 6.67. The monoisotopic (exact) mass is 535 g/mol. The van der Waals surface area contributed by atoms with Gasteiger partial charge in [-0.05, 0) is 67.2 Å². The molecule has 0 aliphatic carbocycles. The smallest absolute Gasteiger partial charge is 0.325 e. The molecule has 9 nitrogen and oxygen atoms in total. The number of esters is 1. The van der Waals surface area contributed by atoms with Crippen LogP contribution in [0.1, 0.15) is 71.7 Å². The Labute approximate surface area is 230 Å². The molecule has 5 bridgehead atoms. The lowest BCUT2D eigenvalue weighted by atomic mass is 9.91. The number of fused-ring (bicyclic) bond motifs is 4. The molecule has 0 unspecified atom stereocenters. The fourth-order valence-electron chi connectivity index (χ4n) is 4.93. The zero-order valence-corrected chi connectivity index (χ0v) is 23.8. The van der Waals surface area contributed by atoms with Gasteiger partial charge in [0.05, 0.1) is 11.7 Å². The second-order valence-corrected chi connectivity index (χ2v) is 11.8. The number of hydrazine groups is 1. The molecular weight excluding hydrogens is 494 g/mol. The summed E-state index contributed by atoms with van der Waals surface area (Å²) in [5.41, 5.74) is 4.47. The van der Waals surface area contributed by atoms with E-state index >= 15 is 0 Å². The van der Waals surface area contributed by atoms with Crippen LogP contribution in [0.3, 0.4) is 0 Å². The van der Waals surface area contributed by atoms with Crippen LogP contribution in [0, 0.1) is 11.3 Å². The Bertz CT molecular complexity index is 1260. The first-order chi connectivity index (χ1) is 18.4. The van der Waals surface area contributed by atoms with Crippen molar-refractivity contribution in [3.8, 4) is 0 Å². The highest BCUT2D eigenvalue weighted by Crippen LogP contribution is 2.25. The topological polar surface area (TPSA) is 113 Å². The van der Waals surface area contributed by atoms with E-state index in [1.165, 1.54) is 5.01 Å². The van der Waals surface area contributed by atoms with E-state index in [1.54, 1.807) is 6.92 Å². The highest BCUT2D eigenvalue weighted by atomic mass is 16.5. The molecule has 1 aromatic heterocycles. The van der Waals surface area contributed by atoms with Gasteiger partial charge in [0, 0.05) is 24.7 Å². The minimum Gasteiger partial charge on any atom is -0.457 e. The third kappa shape index (κ3) is 7.02. The highest BCUT2D eigenvalue weighted by Gasteiger charge is 2.33. The van der Waals surface area contributed by atoms with Crippen molar-refractivity contribution in [2.24, 2.45) is 11.3 Å². The van der Waals surface area contributed by atoms with Crippen LogP contribution < -0.4 is 16.1 Å². The molecular formula is C30H41N5O4. The number of amides is 2. The van der Waals surface area contributed by atoms with Gasteiger partial charge in [-0.25, -0.2) is 5.43 Å². The first kappa shape index (κ1) is 28.7. The fraction of sp³-hybridized carbons (Fsp3) is 0.533. The summed E-state index contributed by atoms with van der Waals surface area (Å²) in [7, 11) is 0. The molecule has 4 atom stereocenters. The van der Waals surface area contributed by atoms with Gasteiger partial charge in [0.2, 0.25) is 5.91 Å². The Kier molecular flexibility index (Phi) is 8.71. The summed E-state index contributed by atoms with van der Waals surface area (Å²) in [4.78, 5) is 44.0. The molecule has 210 valence electrons. The van der Waals surface area contributed by atoms with Gasteiger partial charge in [0.1, 0.15) is 18.2 Å². The van der Waals surface area contributed by atoms with Gasteiger partial charge in [-0.1, -0.05) is 45.9 Å². The molecule has 1 aromatic carbocycles. The van der Waals surface area contributed by atoms with Crippen molar-refractivity contribution in [3.63, 3.8) is 0 Å². The first-order valence-corrected chi connectivity index (χ1v) is 13.8. The predicted octanol–water partition coefficient (Wildman–Crippen LogP) is 3.51. The maximum atomic E-state index is 13.2. The molecule has 9 heteroatoms. The summed E-state index contributed by atoms with van der Waals surface area (Å²) in [6, 6.07) is 6.10. The standard InChI is InChI=1S/C30H41N5O4/c1-18(2)26-27(36)33-19(3)28(37)35-13-7-8-25(34-35)29(38)39-20(4)21-9-10-22-16-31-24(15-23(22)14-21)11-12-30(5,6)17-32-26/h9-12,14-16,18-20,25-26,32,34H,7-8,13,17H2,1-6H3,(H,33,36)/t19-,20+,25-,26-/m0/s1. The summed E-state index contributed by atoms with van der Waals surface area (Å²) >= 11 is 0. The van der Waals surface area contributed by atoms with Crippen molar-refractivity contribution in [3.05, 3.63) is 47.8 Å². The maximum Gasteiger partial charge on any atom is 0.325 e. The molecule has 0 spiro atoms. The van der Waals surface area contributed by atoms with Crippen molar-refractivity contribution >= 4 is 34.6 Å². The molecule has 0 saturated carbocycles. The number of nitrogens with one attached hydrogen (secondary N) is 3. The van der Waals surface area contributed by atoms with Crippen LogP contribution in [0.25, 0.3) is 16.8 Å². The average Bonchev–Trinajstić information content (AvgIpc) is 2.90. The molecule has 39 heavy (non-hydrogen) atoms. The molecule has 2 amide bonds. The van der Waals surface area contributed by atoms with Crippen molar-refractivity contribution in [2.75, 3.05) is 13.1 Å².